The van der Waals surface area contributed by atoms with Crippen molar-refractivity contribution in [1.29, 1.82) is 5.26 Å². The summed E-state index contributed by atoms with van der Waals surface area (Å²) in [6, 6.07) is 16.2. The fourth-order valence-electron chi connectivity index (χ4n) is 1.73. The number of hydrogen-bond donors (Lipinski definition) is 0. The third-order valence-corrected chi connectivity index (χ3v) is 3.04. The van der Waals surface area contributed by atoms with Gasteiger partial charge >= 0.3 is 5.97 Å². The quantitative estimate of drug-likeness (QED) is 0.808. The van der Waals surface area contributed by atoms with Crippen LogP contribution in [0, 0.1) is 11.3 Å². The van der Waals surface area contributed by atoms with E-state index in [4.69, 9.17) is 21.6 Å². The maximum Gasteiger partial charge on any atom is 0.310 e. The molecule has 20 heavy (non-hydrogen) atoms. The number of ether oxygens (including phenoxy) is 1. The molecule has 0 radical (unpaired) electrons. The highest BCUT2D eigenvalue weighted by molar-refractivity contribution is 6.30. The molecule has 0 saturated heterocycles. The number of nitrogens with zero attached hydrogens (tertiary/aromatic N) is 1. The highest BCUT2D eigenvalue weighted by Crippen LogP contribution is 2.12. The van der Waals surface area contributed by atoms with E-state index in [1.165, 1.54) is 0 Å². The summed E-state index contributed by atoms with van der Waals surface area (Å²) >= 11 is 5.78. The van der Waals surface area contributed by atoms with Crippen molar-refractivity contribution in [2.45, 2.75) is 13.0 Å². The van der Waals surface area contributed by atoms with Crippen molar-refractivity contribution in [3.63, 3.8) is 0 Å². The summed E-state index contributed by atoms with van der Waals surface area (Å²) in [5, 5.41) is 9.57. The van der Waals surface area contributed by atoms with Gasteiger partial charge in [0.05, 0.1) is 18.1 Å². The van der Waals surface area contributed by atoms with Crippen LogP contribution in [-0.2, 0) is 22.6 Å². The van der Waals surface area contributed by atoms with Gasteiger partial charge in [0.1, 0.15) is 6.61 Å². The Morgan fingerprint density at radius 2 is 1.85 bits per heavy atom. The van der Waals surface area contributed by atoms with Gasteiger partial charge in [-0.2, -0.15) is 5.26 Å². The lowest BCUT2D eigenvalue weighted by molar-refractivity contribution is -0.144. The predicted octanol–water partition coefficient (Wildman–Crippen LogP) is 3.50. The maximum absolute atomic E-state index is 11.7. The number of esters is 1. The summed E-state index contributed by atoms with van der Waals surface area (Å²) in [6.07, 6.45) is 0.186. The molecule has 0 aliphatic heterocycles. The van der Waals surface area contributed by atoms with Crippen molar-refractivity contribution in [2.75, 3.05) is 0 Å². The molecular formula is C16H12ClNO2. The fourth-order valence-corrected chi connectivity index (χ4v) is 1.86. The molecule has 0 spiro atoms. The number of rotatable bonds is 4. The van der Waals surface area contributed by atoms with Crippen molar-refractivity contribution in [3.8, 4) is 6.07 Å². The minimum Gasteiger partial charge on any atom is -0.461 e. The van der Waals surface area contributed by atoms with Gasteiger partial charge in [0.2, 0.25) is 0 Å². The molecule has 100 valence electrons. The highest BCUT2D eigenvalue weighted by atomic mass is 35.5. The van der Waals surface area contributed by atoms with E-state index in [0.717, 1.165) is 5.56 Å². The number of benzene rings is 2. The number of nitriles is 1. The molecule has 0 aromatic heterocycles. The monoisotopic (exact) mass is 285 g/mol. The average molecular weight is 286 g/mol. The van der Waals surface area contributed by atoms with Gasteiger partial charge in [0, 0.05) is 10.6 Å². The third-order valence-electron chi connectivity index (χ3n) is 2.79. The Kier molecular flexibility index (Phi) is 4.75. The lowest BCUT2D eigenvalue weighted by atomic mass is 10.1. The molecule has 0 heterocycles. The Balaban J connectivity index is 1.92. The molecule has 2 aromatic carbocycles. The summed E-state index contributed by atoms with van der Waals surface area (Å²) in [6.45, 7) is 0.107. The zero-order valence-corrected chi connectivity index (χ0v) is 11.4. The molecule has 2 rings (SSSR count). The van der Waals surface area contributed by atoms with Crippen LogP contribution in [0.1, 0.15) is 16.7 Å². The van der Waals surface area contributed by atoms with Crippen LogP contribution in [0.25, 0.3) is 0 Å². The van der Waals surface area contributed by atoms with E-state index in [9.17, 15) is 4.79 Å². The first-order valence-electron chi connectivity index (χ1n) is 6.07. The van der Waals surface area contributed by atoms with Gasteiger partial charge in [0.25, 0.3) is 0 Å². The Labute approximate surface area is 122 Å². The zero-order valence-electron chi connectivity index (χ0n) is 10.7. The molecule has 0 saturated carbocycles. The smallest absolute Gasteiger partial charge is 0.310 e. The van der Waals surface area contributed by atoms with Crippen LogP contribution in [0.15, 0.2) is 48.5 Å². The molecule has 0 atom stereocenters. The van der Waals surface area contributed by atoms with Crippen LogP contribution in [0.5, 0.6) is 0 Å². The van der Waals surface area contributed by atoms with E-state index in [1.807, 2.05) is 6.07 Å². The predicted molar refractivity (Wildman–Crippen MR) is 76.1 cm³/mol. The van der Waals surface area contributed by atoms with Crippen LogP contribution in [0.3, 0.4) is 0 Å². The first-order valence-corrected chi connectivity index (χ1v) is 6.45. The van der Waals surface area contributed by atoms with Gasteiger partial charge < -0.3 is 4.74 Å². The minimum absolute atomic E-state index is 0.107. The van der Waals surface area contributed by atoms with Crippen molar-refractivity contribution >= 4 is 17.6 Å². The van der Waals surface area contributed by atoms with E-state index in [1.54, 1.807) is 42.5 Å². The normalized spacial score (nSPS) is 9.80. The highest BCUT2D eigenvalue weighted by Gasteiger charge is 2.07. The molecule has 0 N–H and O–H groups in total. The Bertz CT molecular complexity index is 644. The number of carbonyl (C=O) groups excluding carboxylic acids is 1. The molecule has 0 amide bonds. The van der Waals surface area contributed by atoms with Crippen LogP contribution < -0.4 is 0 Å². The molecule has 3 nitrogen and oxygen atoms in total. The molecule has 0 aliphatic carbocycles. The number of hydrogen-bond acceptors (Lipinski definition) is 3. The Hall–Kier alpha value is -2.31. The molecular weight excluding hydrogens is 274 g/mol. The van der Waals surface area contributed by atoms with E-state index >= 15 is 0 Å². The zero-order chi connectivity index (χ0) is 14.4. The summed E-state index contributed by atoms with van der Waals surface area (Å²) in [5.74, 6) is -0.333. The SMILES string of the molecule is N#Cc1ccccc1COC(=O)Cc1ccc(Cl)cc1. The second kappa shape index (κ2) is 6.74. The summed E-state index contributed by atoms with van der Waals surface area (Å²) in [7, 11) is 0. The number of carbonyl (C=O) groups is 1. The third kappa shape index (κ3) is 3.84. The van der Waals surface area contributed by atoms with Gasteiger partial charge in [-0.25, -0.2) is 0 Å². The Morgan fingerprint density at radius 1 is 1.15 bits per heavy atom. The molecule has 2 aromatic rings. The van der Waals surface area contributed by atoms with Gasteiger partial charge in [-0.15, -0.1) is 0 Å². The van der Waals surface area contributed by atoms with Crippen molar-refractivity contribution in [2.24, 2.45) is 0 Å². The van der Waals surface area contributed by atoms with Gasteiger partial charge in [-0.1, -0.05) is 41.9 Å². The van der Waals surface area contributed by atoms with E-state index in [0.29, 0.717) is 16.1 Å². The van der Waals surface area contributed by atoms with Crippen LogP contribution in [0.2, 0.25) is 5.02 Å². The molecule has 4 heteroatoms. The van der Waals surface area contributed by atoms with Crippen molar-refractivity contribution in [3.05, 3.63) is 70.2 Å². The van der Waals surface area contributed by atoms with Gasteiger partial charge in [0.15, 0.2) is 0 Å². The van der Waals surface area contributed by atoms with Crippen LogP contribution in [0.4, 0.5) is 0 Å². The maximum atomic E-state index is 11.7. The lowest BCUT2D eigenvalue weighted by Gasteiger charge is -2.06. The summed E-state index contributed by atoms with van der Waals surface area (Å²) in [5.41, 5.74) is 2.07. The minimum atomic E-state index is -0.333. The average Bonchev–Trinajstić information content (AvgIpc) is 2.48. The first kappa shape index (κ1) is 14.1. The van der Waals surface area contributed by atoms with E-state index < -0.39 is 0 Å². The van der Waals surface area contributed by atoms with Crippen molar-refractivity contribution < 1.29 is 9.53 Å². The summed E-state index contributed by atoms with van der Waals surface area (Å²) < 4.78 is 5.18. The summed E-state index contributed by atoms with van der Waals surface area (Å²) in [4.78, 5) is 11.7. The van der Waals surface area contributed by atoms with Crippen LogP contribution >= 0.6 is 11.6 Å². The van der Waals surface area contributed by atoms with Gasteiger partial charge in [-0.05, 0) is 23.8 Å². The molecule has 0 bridgehead atoms. The number of halogens is 1. The first-order chi connectivity index (χ1) is 9.69. The van der Waals surface area contributed by atoms with E-state index in [2.05, 4.69) is 6.07 Å². The van der Waals surface area contributed by atoms with E-state index in [-0.39, 0.29) is 19.0 Å². The molecule has 0 unspecified atom stereocenters. The van der Waals surface area contributed by atoms with Crippen molar-refractivity contribution in [1.82, 2.24) is 0 Å². The second-order valence-corrected chi connectivity index (χ2v) is 4.67. The van der Waals surface area contributed by atoms with Gasteiger partial charge in [-0.3, -0.25) is 4.79 Å². The lowest BCUT2D eigenvalue weighted by Crippen LogP contribution is -2.08. The molecule has 0 aliphatic rings. The molecule has 0 fully saturated rings. The second-order valence-electron chi connectivity index (χ2n) is 4.23. The Morgan fingerprint density at radius 3 is 2.55 bits per heavy atom. The fraction of sp³-hybridized carbons (Fsp3) is 0.125. The largest absolute Gasteiger partial charge is 0.461 e. The standard InChI is InChI=1S/C16H12ClNO2/c17-15-7-5-12(6-8-15)9-16(19)20-11-14-4-2-1-3-13(14)10-18/h1-8H,9,11H2. The topological polar surface area (TPSA) is 50.1 Å². The van der Waals surface area contributed by atoms with Crippen LogP contribution in [-0.4, -0.2) is 5.97 Å².